The number of aliphatic hydroxyl groups is 1. The monoisotopic (exact) mass is 427 g/mol. The minimum atomic E-state index is -0.470. The third kappa shape index (κ3) is 4.23. The fourth-order valence-corrected chi connectivity index (χ4v) is 3.90. The van der Waals surface area contributed by atoms with Gasteiger partial charge in [-0.15, -0.1) is 17.5 Å². The summed E-state index contributed by atoms with van der Waals surface area (Å²) in [7, 11) is 0. The number of aliphatic hydroxyl groups excluding tert-OH is 1. The van der Waals surface area contributed by atoms with Crippen LogP contribution >= 0.6 is 12.4 Å². The number of carbonyl (C=O) groups is 1. The Morgan fingerprint density at radius 2 is 1.83 bits per heavy atom. The first-order valence-corrected chi connectivity index (χ1v) is 9.81. The molecule has 0 bridgehead atoms. The van der Waals surface area contributed by atoms with Gasteiger partial charge in [-0.3, -0.25) is 4.79 Å². The first-order chi connectivity index (χ1) is 13.9. The molecule has 1 amide bonds. The smallest absolute Gasteiger partial charge is 0.248 e. The fraction of sp³-hybridized carbons (Fsp3) is 0.318. The summed E-state index contributed by atoms with van der Waals surface area (Å²) >= 11 is 0. The van der Waals surface area contributed by atoms with E-state index in [1.54, 1.807) is 24.3 Å². The Balaban J connectivity index is 0.00000256. The maximum Gasteiger partial charge on any atom is 0.248 e. The number of aromatic nitrogens is 3. The minimum Gasteiger partial charge on any atom is -0.392 e. The van der Waals surface area contributed by atoms with E-state index in [2.05, 4.69) is 0 Å². The zero-order valence-electron chi connectivity index (χ0n) is 16.7. The van der Waals surface area contributed by atoms with Crippen LogP contribution in [0.1, 0.15) is 46.9 Å². The van der Waals surface area contributed by atoms with Crippen molar-refractivity contribution in [2.45, 2.75) is 44.2 Å². The molecule has 2 aromatic carbocycles. The number of hydrogen-bond donors (Lipinski definition) is 3. The van der Waals surface area contributed by atoms with Gasteiger partial charge in [0.05, 0.1) is 11.8 Å². The van der Waals surface area contributed by atoms with Gasteiger partial charge in [0, 0.05) is 23.1 Å². The summed E-state index contributed by atoms with van der Waals surface area (Å²) in [5.74, 6) is 1.07. The molecule has 0 aliphatic heterocycles. The van der Waals surface area contributed by atoms with Crippen molar-refractivity contribution in [1.82, 2.24) is 14.8 Å². The lowest BCUT2D eigenvalue weighted by Gasteiger charge is -2.30. The van der Waals surface area contributed by atoms with Crippen LogP contribution in [0.3, 0.4) is 0 Å². The number of rotatable bonds is 4. The molecule has 8 heteroatoms. The van der Waals surface area contributed by atoms with Crippen molar-refractivity contribution in [2.24, 2.45) is 11.5 Å². The summed E-state index contributed by atoms with van der Waals surface area (Å²) in [6.45, 7) is 2.04. The first-order valence-electron chi connectivity index (χ1n) is 9.81. The number of amides is 1. The number of primary amides is 1. The summed E-state index contributed by atoms with van der Waals surface area (Å²) in [6, 6.07) is 14.7. The van der Waals surface area contributed by atoms with Gasteiger partial charge in [0.1, 0.15) is 5.82 Å². The molecule has 0 radical (unpaired) electrons. The molecule has 0 spiro atoms. The highest BCUT2D eigenvalue weighted by Gasteiger charge is 2.31. The highest BCUT2D eigenvalue weighted by atomic mass is 35.5. The summed E-state index contributed by atoms with van der Waals surface area (Å²) in [6.07, 6.45) is 1.64. The SMILES string of the molecule is Cc1ccccc1-n1nc(-c2ccc(C(N)=O)cc2)nc1[C@H]1CC[C@@H](O)[C@H](N)C1.Cl. The molecule has 158 valence electrons. The van der Waals surface area contributed by atoms with Gasteiger partial charge >= 0.3 is 0 Å². The number of carbonyl (C=O) groups excluding carboxylic acids is 1. The minimum absolute atomic E-state index is 0. The molecule has 1 saturated carbocycles. The fourth-order valence-electron chi connectivity index (χ4n) is 3.90. The second-order valence-corrected chi connectivity index (χ2v) is 7.67. The van der Waals surface area contributed by atoms with E-state index < -0.39 is 12.0 Å². The standard InChI is InChI=1S/C22H25N5O2.ClH/c1-13-4-2-3-5-18(13)27-22(16-10-11-19(28)17(23)12-16)25-21(26-27)15-8-6-14(7-9-15)20(24)29;/h2-9,16-17,19,28H,10-12,23H2,1H3,(H2,24,29);1H/t16-,17+,19+;/m0./s1. The maximum absolute atomic E-state index is 11.3. The Hall–Kier alpha value is -2.74. The summed E-state index contributed by atoms with van der Waals surface area (Å²) in [4.78, 5) is 16.2. The number of para-hydroxylation sites is 1. The zero-order chi connectivity index (χ0) is 20.5. The average Bonchev–Trinajstić information content (AvgIpc) is 3.15. The van der Waals surface area contributed by atoms with Crippen molar-refractivity contribution >= 4 is 18.3 Å². The number of nitrogens with two attached hydrogens (primary N) is 2. The van der Waals surface area contributed by atoms with Gasteiger partial charge in [-0.1, -0.05) is 30.3 Å². The average molecular weight is 428 g/mol. The van der Waals surface area contributed by atoms with Gasteiger partial charge in [0.2, 0.25) is 5.91 Å². The van der Waals surface area contributed by atoms with E-state index in [4.69, 9.17) is 21.5 Å². The molecular weight excluding hydrogens is 402 g/mol. The second kappa shape index (κ2) is 8.95. The van der Waals surface area contributed by atoms with Crippen LogP contribution in [-0.4, -0.2) is 37.9 Å². The summed E-state index contributed by atoms with van der Waals surface area (Å²) < 4.78 is 1.89. The van der Waals surface area contributed by atoms with Crippen molar-refractivity contribution in [3.63, 3.8) is 0 Å². The quantitative estimate of drug-likeness (QED) is 0.591. The summed E-state index contributed by atoms with van der Waals surface area (Å²) in [5.41, 5.74) is 14.8. The lowest BCUT2D eigenvalue weighted by Crippen LogP contribution is -2.40. The Morgan fingerprint density at radius 1 is 1.13 bits per heavy atom. The van der Waals surface area contributed by atoms with E-state index in [1.165, 1.54) is 0 Å². The van der Waals surface area contributed by atoms with Gasteiger partial charge in [-0.2, -0.15) is 0 Å². The molecule has 1 heterocycles. The number of benzene rings is 2. The molecule has 3 atom stereocenters. The van der Waals surface area contributed by atoms with Crippen LogP contribution in [0.5, 0.6) is 0 Å². The first kappa shape index (κ1) is 22.0. The van der Waals surface area contributed by atoms with E-state index in [1.807, 2.05) is 35.9 Å². The molecular formula is C22H26ClN5O2. The third-order valence-corrected chi connectivity index (χ3v) is 5.63. The van der Waals surface area contributed by atoms with Gasteiger partial charge in [0.25, 0.3) is 0 Å². The molecule has 3 aromatic rings. The number of aryl methyl sites for hydroxylation is 1. The van der Waals surface area contributed by atoms with E-state index in [-0.39, 0.29) is 24.4 Å². The predicted octanol–water partition coefficient (Wildman–Crippen LogP) is 2.72. The molecule has 0 saturated heterocycles. The molecule has 1 aliphatic carbocycles. The number of hydrogen-bond acceptors (Lipinski definition) is 5. The molecule has 1 aromatic heterocycles. The Labute approximate surface area is 181 Å². The molecule has 5 N–H and O–H groups in total. The van der Waals surface area contributed by atoms with Gasteiger partial charge in [-0.05, 0) is 49.9 Å². The van der Waals surface area contributed by atoms with Crippen molar-refractivity contribution in [2.75, 3.05) is 0 Å². The highest BCUT2D eigenvalue weighted by molar-refractivity contribution is 5.93. The van der Waals surface area contributed by atoms with Crippen molar-refractivity contribution in [3.05, 3.63) is 65.5 Å². The van der Waals surface area contributed by atoms with E-state index in [0.29, 0.717) is 24.2 Å². The normalized spacial score (nSPS) is 21.1. The lowest BCUT2D eigenvalue weighted by atomic mass is 9.83. The molecule has 30 heavy (non-hydrogen) atoms. The maximum atomic E-state index is 11.3. The zero-order valence-corrected chi connectivity index (χ0v) is 17.5. The largest absolute Gasteiger partial charge is 0.392 e. The van der Waals surface area contributed by atoms with Crippen LogP contribution < -0.4 is 11.5 Å². The molecule has 1 fully saturated rings. The van der Waals surface area contributed by atoms with Gasteiger partial charge in [0.15, 0.2) is 5.82 Å². The van der Waals surface area contributed by atoms with Crippen LogP contribution in [0.2, 0.25) is 0 Å². The van der Waals surface area contributed by atoms with Crippen molar-refractivity contribution < 1.29 is 9.90 Å². The van der Waals surface area contributed by atoms with Crippen molar-refractivity contribution in [3.8, 4) is 17.1 Å². The lowest BCUT2D eigenvalue weighted by molar-refractivity contribution is 0.0988. The Morgan fingerprint density at radius 3 is 2.47 bits per heavy atom. The Kier molecular flexibility index (Phi) is 6.55. The topological polar surface area (TPSA) is 120 Å². The van der Waals surface area contributed by atoms with Crippen LogP contribution in [0, 0.1) is 6.92 Å². The Bertz CT molecular complexity index is 1030. The van der Waals surface area contributed by atoms with Crippen LogP contribution in [-0.2, 0) is 0 Å². The van der Waals surface area contributed by atoms with Crippen LogP contribution in [0.15, 0.2) is 48.5 Å². The predicted molar refractivity (Wildman–Crippen MR) is 118 cm³/mol. The van der Waals surface area contributed by atoms with Crippen LogP contribution in [0.25, 0.3) is 17.1 Å². The van der Waals surface area contributed by atoms with E-state index in [0.717, 1.165) is 29.1 Å². The second-order valence-electron chi connectivity index (χ2n) is 7.67. The molecule has 1 aliphatic rings. The highest BCUT2D eigenvalue weighted by Crippen LogP contribution is 2.34. The van der Waals surface area contributed by atoms with Gasteiger partial charge < -0.3 is 16.6 Å². The van der Waals surface area contributed by atoms with E-state index >= 15 is 0 Å². The van der Waals surface area contributed by atoms with Crippen LogP contribution in [0.4, 0.5) is 0 Å². The van der Waals surface area contributed by atoms with E-state index in [9.17, 15) is 9.90 Å². The number of nitrogens with zero attached hydrogens (tertiary/aromatic N) is 3. The molecule has 7 nitrogen and oxygen atoms in total. The van der Waals surface area contributed by atoms with Crippen molar-refractivity contribution in [1.29, 1.82) is 0 Å². The van der Waals surface area contributed by atoms with Gasteiger partial charge in [-0.25, -0.2) is 9.67 Å². The summed E-state index contributed by atoms with van der Waals surface area (Å²) in [5, 5.41) is 14.8. The number of halogens is 1. The molecule has 4 rings (SSSR count). The molecule has 0 unspecified atom stereocenters. The third-order valence-electron chi connectivity index (χ3n) is 5.63.